The Kier molecular flexibility index (Phi) is 7.03. The number of benzene rings is 3. The summed E-state index contributed by atoms with van der Waals surface area (Å²) in [4.78, 5) is 47.2. The van der Waals surface area contributed by atoms with Crippen LogP contribution in [0, 0.1) is 0 Å². The lowest BCUT2D eigenvalue weighted by atomic mass is 10.0. The van der Waals surface area contributed by atoms with Crippen molar-refractivity contribution in [3.8, 4) is 23.0 Å². The monoisotopic (exact) mass is 458 g/mol. The van der Waals surface area contributed by atoms with E-state index in [9.17, 15) is 19.2 Å². The van der Waals surface area contributed by atoms with Gasteiger partial charge >= 0.3 is 23.9 Å². The van der Waals surface area contributed by atoms with Crippen LogP contribution in [0.15, 0.2) is 87.0 Å². The molecule has 0 N–H and O–H groups in total. The Balaban J connectivity index is 2.28. The average Bonchev–Trinajstić information content (AvgIpc) is 2.84. The number of hydrogen-bond donors (Lipinski definition) is 0. The van der Waals surface area contributed by atoms with E-state index in [0.717, 1.165) is 24.3 Å². The van der Waals surface area contributed by atoms with Crippen molar-refractivity contribution in [2.24, 2.45) is 0 Å². The van der Waals surface area contributed by atoms with Gasteiger partial charge in [-0.3, -0.25) is 0 Å². The molecule has 0 atom stereocenters. The topological polar surface area (TPSA) is 105 Å². The summed E-state index contributed by atoms with van der Waals surface area (Å²) >= 11 is 0. The van der Waals surface area contributed by atoms with E-state index in [0.29, 0.717) is 21.5 Å². The maximum absolute atomic E-state index is 11.8. The summed E-state index contributed by atoms with van der Waals surface area (Å²) < 4.78 is 20.9. The largest absolute Gasteiger partial charge is 0.419 e. The second-order valence-corrected chi connectivity index (χ2v) is 6.61. The molecule has 0 amide bonds. The lowest BCUT2D eigenvalue weighted by molar-refractivity contribution is -0.131. The van der Waals surface area contributed by atoms with Gasteiger partial charge in [-0.25, -0.2) is 19.2 Å². The Morgan fingerprint density at radius 2 is 0.765 bits per heavy atom. The van der Waals surface area contributed by atoms with Crippen LogP contribution in [0.25, 0.3) is 21.5 Å². The number of carbonyl (C=O) groups excluding carboxylic acids is 4. The Morgan fingerprint density at radius 1 is 0.500 bits per heavy atom. The summed E-state index contributed by atoms with van der Waals surface area (Å²) in [6.45, 7) is 13.4. The lowest BCUT2D eigenvalue weighted by Gasteiger charge is -2.14. The number of fused-ring (bicyclic) bond motifs is 3. The third-order valence-corrected chi connectivity index (χ3v) is 4.47. The molecule has 0 saturated heterocycles. The molecule has 8 heteroatoms. The van der Waals surface area contributed by atoms with Gasteiger partial charge in [0.1, 0.15) is 0 Å². The van der Waals surface area contributed by atoms with Crippen LogP contribution in [-0.4, -0.2) is 23.9 Å². The van der Waals surface area contributed by atoms with E-state index >= 15 is 0 Å². The first-order chi connectivity index (χ1) is 16.3. The Morgan fingerprint density at radius 3 is 1.03 bits per heavy atom. The zero-order chi connectivity index (χ0) is 24.8. The molecule has 8 nitrogen and oxygen atoms in total. The van der Waals surface area contributed by atoms with Gasteiger partial charge in [-0.1, -0.05) is 38.4 Å². The van der Waals surface area contributed by atoms with Gasteiger partial charge in [0.25, 0.3) is 0 Å². The second-order valence-electron chi connectivity index (χ2n) is 6.61. The molecule has 170 valence electrons. The van der Waals surface area contributed by atoms with Crippen LogP contribution in [0.5, 0.6) is 23.0 Å². The van der Waals surface area contributed by atoms with Crippen molar-refractivity contribution in [3.63, 3.8) is 0 Å². The second kappa shape index (κ2) is 10.1. The molecule has 0 bridgehead atoms. The van der Waals surface area contributed by atoms with Gasteiger partial charge in [-0.05, 0) is 45.8 Å². The van der Waals surface area contributed by atoms with Gasteiger partial charge in [-0.15, -0.1) is 0 Å². The van der Waals surface area contributed by atoms with Crippen molar-refractivity contribution >= 4 is 45.4 Å². The van der Waals surface area contributed by atoms with E-state index in [1.807, 2.05) is 0 Å². The fraction of sp³-hybridized carbons (Fsp3) is 0. The number of esters is 4. The minimum absolute atomic E-state index is 0.0122. The van der Waals surface area contributed by atoms with E-state index in [1.54, 1.807) is 12.1 Å². The number of hydrogen-bond acceptors (Lipinski definition) is 8. The van der Waals surface area contributed by atoms with E-state index in [2.05, 4.69) is 26.3 Å². The molecule has 3 rings (SSSR count). The molecular formula is C26H18O8. The molecule has 0 heterocycles. The molecule has 0 radical (unpaired) electrons. The van der Waals surface area contributed by atoms with E-state index in [-0.39, 0.29) is 23.0 Å². The highest BCUT2D eigenvalue weighted by atomic mass is 16.6. The molecule has 0 saturated carbocycles. The summed E-state index contributed by atoms with van der Waals surface area (Å²) in [5.41, 5.74) is 0. The highest BCUT2D eigenvalue weighted by molar-refractivity contribution is 6.10. The first-order valence-electron chi connectivity index (χ1n) is 9.71. The van der Waals surface area contributed by atoms with Gasteiger partial charge in [-0.2, -0.15) is 0 Å². The van der Waals surface area contributed by atoms with Crippen LogP contribution in [0.2, 0.25) is 0 Å². The highest BCUT2D eigenvalue weighted by Crippen LogP contribution is 2.40. The molecule has 0 unspecified atom stereocenters. The van der Waals surface area contributed by atoms with Gasteiger partial charge < -0.3 is 18.9 Å². The van der Waals surface area contributed by atoms with Crippen molar-refractivity contribution in [1.82, 2.24) is 0 Å². The maximum Gasteiger partial charge on any atom is 0.335 e. The van der Waals surface area contributed by atoms with Crippen molar-refractivity contribution in [2.75, 3.05) is 0 Å². The molecule has 0 aliphatic carbocycles. The lowest BCUT2D eigenvalue weighted by Crippen LogP contribution is -2.09. The van der Waals surface area contributed by atoms with Gasteiger partial charge in [0.2, 0.25) is 0 Å². The predicted molar refractivity (Wildman–Crippen MR) is 125 cm³/mol. The fourth-order valence-corrected chi connectivity index (χ4v) is 2.99. The Labute approximate surface area is 194 Å². The highest BCUT2D eigenvalue weighted by Gasteiger charge is 2.18. The molecule has 34 heavy (non-hydrogen) atoms. The smallest absolute Gasteiger partial charge is 0.335 e. The van der Waals surface area contributed by atoms with Crippen LogP contribution >= 0.6 is 0 Å². The predicted octanol–water partition coefficient (Wildman–Crippen LogP) is 4.36. The molecule has 0 aliphatic heterocycles. The first kappa shape index (κ1) is 23.7. The van der Waals surface area contributed by atoms with Crippen LogP contribution in [0.4, 0.5) is 0 Å². The van der Waals surface area contributed by atoms with Crippen LogP contribution in [0.3, 0.4) is 0 Å². The van der Waals surface area contributed by atoms with Crippen molar-refractivity contribution in [1.29, 1.82) is 0 Å². The number of carbonyl (C=O) groups is 4. The Hall–Kier alpha value is -4.98. The zero-order valence-electron chi connectivity index (χ0n) is 17.9. The maximum atomic E-state index is 11.8. The summed E-state index contributed by atoms with van der Waals surface area (Å²) in [6, 6.07) is 9.41. The van der Waals surface area contributed by atoms with Crippen molar-refractivity contribution < 1.29 is 38.1 Å². The quantitative estimate of drug-likeness (QED) is 0.212. The van der Waals surface area contributed by atoms with E-state index in [4.69, 9.17) is 18.9 Å². The molecular weight excluding hydrogens is 440 g/mol. The minimum Gasteiger partial charge on any atom is -0.419 e. The zero-order valence-corrected chi connectivity index (χ0v) is 17.9. The third kappa shape index (κ3) is 5.08. The van der Waals surface area contributed by atoms with Crippen LogP contribution in [0.1, 0.15) is 0 Å². The first-order valence-corrected chi connectivity index (χ1v) is 9.71. The van der Waals surface area contributed by atoms with Gasteiger partial charge in [0.05, 0.1) is 0 Å². The van der Waals surface area contributed by atoms with Crippen molar-refractivity contribution in [3.05, 3.63) is 87.0 Å². The third-order valence-electron chi connectivity index (χ3n) is 4.47. The summed E-state index contributed by atoms with van der Waals surface area (Å²) in [5.74, 6) is -3.15. The Bertz CT molecular complexity index is 1290. The summed E-state index contributed by atoms with van der Waals surface area (Å²) in [7, 11) is 0. The van der Waals surface area contributed by atoms with E-state index in [1.165, 1.54) is 24.3 Å². The standard InChI is InChI=1S/C26H18O8/c1-5-23(27)31-19-11-15-9-10-16-12-20(32-24(28)6-2)22(34-26(30)8-4)14-18(16)17(15)13-21(19)33-25(29)7-3/h5-14H,1-4H2. The SMILES string of the molecule is C=CC(=O)Oc1cc2ccc3cc(OC(=O)C=C)c(OC(=O)C=C)cc3c2cc1OC(=O)C=C. The fourth-order valence-electron chi connectivity index (χ4n) is 2.99. The number of rotatable bonds is 8. The molecule has 0 aliphatic rings. The number of ether oxygens (including phenoxy) is 4. The van der Waals surface area contributed by atoms with E-state index < -0.39 is 23.9 Å². The van der Waals surface area contributed by atoms with Crippen LogP contribution in [-0.2, 0) is 19.2 Å². The summed E-state index contributed by atoms with van der Waals surface area (Å²) in [6.07, 6.45) is 3.85. The molecule has 3 aromatic carbocycles. The molecule has 0 fully saturated rings. The van der Waals surface area contributed by atoms with Gasteiger partial charge in [0, 0.05) is 24.3 Å². The molecule has 3 aromatic rings. The minimum atomic E-state index is -0.769. The van der Waals surface area contributed by atoms with Crippen molar-refractivity contribution in [2.45, 2.75) is 0 Å². The molecule has 0 spiro atoms. The van der Waals surface area contributed by atoms with Crippen LogP contribution < -0.4 is 18.9 Å². The molecule has 0 aromatic heterocycles. The van der Waals surface area contributed by atoms with Gasteiger partial charge in [0.15, 0.2) is 23.0 Å². The summed E-state index contributed by atoms with van der Waals surface area (Å²) in [5, 5.41) is 2.32. The average molecular weight is 458 g/mol. The normalized spacial score (nSPS) is 10.1.